The molecule has 1 aromatic rings. The monoisotopic (exact) mass is 251 g/mol. The average Bonchev–Trinajstić information content (AvgIpc) is 2.36. The Kier molecular flexibility index (Phi) is 3.69. The Hall–Kier alpha value is -1.79. The predicted octanol–water partition coefficient (Wildman–Crippen LogP) is -0.0814. The number of anilines is 3. The first-order chi connectivity index (χ1) is 8.60. The van der Waals surface area contributed by atoms with E-state index in [-0.39, 0.29) is 19.1 Å². The molecule has 1 amide bonds. The fourth-order valence-electron chi connectivity index (χ4n) is 1.89. The molecule has 1 atom stereocenters. The lowest BCUT2D eigenvalue weighted by atomic mass is 10.0. The molecule has 0 aromatic heterocycles. The minimum atomic E-state index is -0.838. The highest BCUT2D eigenvalue weighted by Gasteiger charge is 2.16. The van der Waals surface area contributed by atoms with E-state index >= 15 is 0 Å². The van der Waals surface area contributed by atoms with Gasteiger partial charge >= 0.3 is 0 Å². The van der Waals surface area contributed by atoms with Gasteiger partial charge in [-0.1, -0.05) is 0 Å². The van der Waals surface area contributed by atoms with Crippen molar-refractivity contribution in [2.24, 2.45) is 0 Å². The zero-order valence-corrected chi connectivity index (χ0v) is 9.94. The molecule has 6 N–H and O–H groups in total. The van der Waals surface area contributed by atoms with Crippen LogP contribution in [0.1, 0.15) is 12.0 Å². The van der Waals surface area contributed by atoms with Gasteiger partial charge in [-0.15, -0.1) is 0 Å². The van der Waals surface area contributed by atoms with Crippen molar-refractivity contribution in [3.8, 4) is 0 Å². The van der Waals surface area contributed by atoms with Crippen molar-refractivity contribution in [1.82, 2.24) is 0 Å². The topological polar surface area (TPSA) is 108 Å². The van der Waals surface area contributed by atoms with Crippen molar-refractivity contribution in [2.75, 3.05) is 29.5 Å². The fourth-order valence-corrected chi connectivity index (χ4v) is 1.89. The highest BCUT2D eigenvalue weighted by molar-refractivity contribution is 5.95. The Morgan fingerprint density at radius 3 is 2.94 bits per heavy atom. The maximum absolute atomic E-state index is 11.3. The molecule has 0 spiro atoms. The summed E-state index contributed by atoms with van der Waals surface area (Å²) in [6.45, 7) is -0.109. The first kappa shape index (κ1) is 12.7. The van der Waals surface area contributed by atoms with Gasteiger partial charge < -0.3 is 26.6 Å². The van der Waals surface area contributed by atoms with Crippen LogP contribution in [0.2, 0.25) is 0 Å². The summed E-state index contributed by atoms with van der Waals surface area (Å²) in [5, 5.41) is 23.7. The van der Waals surface area contributed by atoms with E-state index in [2.05, 4.69) is 10.6 Å². The second-order valence-corrected chi connectivity index (χ2v) is 4.36. The van der Waals surface area contributed by atoms with Crippen LogP contribution in [0.15, 0.2) is 12.1 Å². The van der Waals surface area contributed by atoms with E-state index in [4.69, 9.17) is 10.8 Å². The average molecular weight is 251 g/mol. The summed E-state index contributed by atoms with van der Waals surface area (Å²) in [6.07, 6.45) is 0.322. The number of aliphatic hydroxyl groups is 2. The normalized spacial score (nSPS) is 15.8. The molecule has 18 heavy (non-hydrogen) atoms. The summed E-state index contributed by atoms with van der Waals surface area (Å²) in [6, 6.07) is 3.58. The van der Waals surface area contributed by atoms with Gasteiger partial charge in [-0.05, 0) is 24.1 Å². The van der Waals surface area contributed by atoms with Crippen LogP contribution in [0.4, 0.5) is 17.1 Å². The number of hydrogen-bond acceptors (Lipinski definition) is 5. The first-order valence-electron chi connectivity index (χ1n) is 5.85. The Balaban J connectivity index is 2.16. The quantitative estimate of drug-likeness (QED) is 0.481. The number of amides is 1. The molecule has 98 valence electrons. The largest absolute Gasteiger partial charge is 0.397 e. The second kappa shape index (κ2) is 5.24. The minimum Gasteiger partial charge on any atom is -0.397 e. The molecule has 1 aliphatic rings. The molecule has 1 unspecified atom stereocenters. The van der Waals surface area contributed by atoms with Gasteiger partial charge in [-0.25, -0.2) is 0 Å². The molecule has 0 saturated heterocycles. The Labute approximate surface area is 105 Å². The van der Waals surface area contributed by atoms with Gasteiger partial charge in [0.25, 0.3) is 0 Å². The summed E-state index contributed by atoms with van der Waals surface area (Å²) < 4.78 is 0. The number of nitrogen functional groups attached to an aromatic ring is 1. The van der Waals surface area contributed by atoms with Gasteiger partial charge in [0, 0.05) is 18.7 Å². The van der Waals surface area contributed by atoms with E-state index in [1.165, 1.54) is 0 Å². The number of nitrogens with one attached hydrogen (secondary N) is 2. The summed E-state index contributed by atoms with van der Waals surface area (Å²) in [7, 11) is 0. The van der Waals surface area contributed by atoms with Crippen LogP contribution in [0, 0.1) is 0 Å². The van der Waals surface area contributed by atoms with E-state index in [1.54, 1.807) is 6.07 Å². The molecule has 0 saturated carbocycles. The molecular weight excluding hydrogens is 234 g/mol. The third kappa shape index (κ3) is 2.72. The van der Waals surface area contributed by atoms with Crippen LogP contribution in [-0.4, -0.2) is 35.4 Å². The van der Waals surface area contributed by atoms with E-state index in [0.717, 1.165) is 11.3 Å². The molecule has 0 bridgehead atoms. The first-order valence-corrected chi connectivity index (χ1v) is 5.85. The number of fused-ring (bicyclic) bond motifs is 1. The van der Waals surface area contributed by atoms with E-state index in [0.29, 0.717) is 24.2 Å². The summed E-state index contributed by atoms with van der Waals surface area (Å²) in [4.78, 5) is 11.3. The van der Waals surface area contributed by atoms with E-state index in [9.17, 15) is 9.90 Å². The molecule has 2 rings (SSSR count). The minimum absolute atomic E-state index is 0.00591. The molecule has 0 fully saturated rings. The number of carbonyl (C=O) groups excluding carboxylic acids is 1. The number of nitrogens with two attached hydrogens (primary N) is 1. The lowest BCUT2D eigenvalue weighted by Crippen LogP contribution is -2.24. The SMILES string of the molecule is Nc1cc2c(cc1NCC(O)CO)NC(=O)CC2. The number of rotatable bonds is 4. The molecule has 1 aromatic carbocycles. The fraction of sp³-hybridized carbons (Fsp3) is 0.417. The van der Waals surface area contributed by atoms with Gasteiger partial charge in [-0.3, -0.25) is 4.79 Å². The lowest BCUT2D eigenvalue weighted by molar-refractivity contribution is -0.116. The molecule has 0 aliphatic carbocycles. The highest BCUT2D eigenvalue weighted by atomic mass is 16.3. The third-order valence-corrected chi connectivity index (χ3v) is 2.91. The van der Waals surface area contributed by atoms with Crippen LogP contribution >= 0.6 is 0 Å². The van der Waals surface area contributed by atoms with Crippen molar-refractivity contribution in [3.05, 3.63) is 17.7 Å². The number of hydrogen-bond donors (Lipinski definition) is 5. The maximum Gasteiger partial charge on any atom is 0.224 e. The third-order valence-electron chi connectivity index (χ3n) is 2.91. The molecule has 6 nitrogen and oxygen atoms in total. The van der Waals surface area contributed by atoms with Crippen LogP contribution < -0.4 is 16.4 Å². The summed E-state index contributed by atoms with van der Waals surface area (Å²) in [5.41, 5.74) is 8.86. The van der Waals surface area contributed by atoms with Crippen molar-refractivity contribution in [2.45, 2.75) is 18.9 Å². The van der Waals surface area contributed by atoms with Crippen molar-refractivity contribution in [3.63, 3.8) is 0 Å². The van der Waals surface area contributed by atoms with Gasteiger partial charge in [0.2, 0.25) is 5.91 Å². The Bertz CT molecular complexity index is 462. The Morgan fingerprint density at radius 1 is 1.44 bits per heavy atom. The number of aryl methyl sites for hydroxylation is 1. The van der Waals surface area contributed by atoms with Crippen LogP contribution in [0.25, 0.3) is 0 Å². The molecule has 6 heteroatoms. The highest BCUT2D eigenvalue weighted by Crippen LogP contribution is 2.30. The van der Waals surface area contributed by atoms with Gasteiger partial charge in [0.1, 0.15) is 0 Å². The molecule has 1 heterocycles. The zero-order valence-electron chi connectivity index (χ0n) is 9.94. The predicted molar refractivity (Wildman–Crippen MR) is 69.4 cm³/mol. The Morgan fingerprint density at radius 2 is 2.22 bits per heavy atom. The van der Waals surface area contributed by atoms with Crippen molar-refractivity contribution >= 4 is 23.0 Å². The van der Waals surface area contributed by atoms with Crippen LogP contribution in [0.3, 0.4) is 0 Å². The second-order valence-electron chi connectivity index (χ2n) is 4.36. The van der Waals surface area contributed by atoms with Crippen molar-refractivity contribution < 1.29 is 15.0 Å². The maximum atomic E-state index is 11.3. The van der Waals surface area contributed by atoms with Gasteiger partial charge in [-0.2, -0.15) is 0 Å². The van der Waals surface area contributed by atoms with E-state index < -0.39 is 6.10 Å². The van der Waals surface area contributed by atoms with Crippen molar-refractivity contribution in [1.29, 1.82) is 0 Å². The molecular formula is C12H17N3O3. The lowest BCUT2D eigenvalue weighted by Gasteiger charge is -2.20. The van der Waals surface area contributed by atoms with Gasteiger partial charge in [0.15, 0.2) is 0 Å². The zero-order chi connectivity index (χ0) is 13.1. The summed E-state index contributed by atoms with van der Waals surface area (Å²) in [5.74, 6) is -0.00591. The standard InChI is InChI=1S/C12H17N3O3/c13-9-3-7-1-2-12(18)15-10(7)4-11(9)14-5-8(17)6-16/h3-4,8,14,16-17H,1-2,5-6,13H2,(H,15,18). The number of aliphatic hydroxyl groups excluding tert-OH is 2. The molecule has 0 radical (unpaired) electrons. The van der Waals surface area contributed by atoms with E-state index in [1.807, 2.05) is 6.07 Å². The number of benzene rings is 1. The smallest absolute Gasteiger partial charge is 0.224 e. The molecule has 1 aliphatic heterocycles. The van der Waals surface area contributed by atoms with Gasteiger partial charge in [0.05, 0.1) is 24.1 Å². The number of carbonyl (C=O) groups is 1. The van der Waals surface area contributed by atoms with Crippen LogP contribution in [-0.2, 0) is 11.2 Å². The van der Waals surface area contributed by atoms with Crippen LogP contribution in [0.5, 0.6) is 0 Å². The summed E-state index contributed by atoms with van der Waals surface area (Å²) >= 11 is 0.